The molecule has 0 unspecified atom stereocenters. The number of hydrogen-bond donors (Lipinski definition) is 1. The SMILES string of the molecule is NC(=O)c1ccccc1C[C@H]1CCOC1. The highest BCUT2D eigenvalue weighted by Crippen LogP contribution is 2.20. The second-order valence-corrected chi connectivity index (χ2v) is 3.96. The summed E-state index contributed by atoms with van der Waals surface area (Å²) in [7, 11) is 0. The van der Waals surface area contributed by atoms with E-state index in [2.05, 4.69) is 0 Å². The average molecular weight is 205 g/mol. The number of amides is 1. The van der Waals surface area contributed by atoms with Crippen molar-refractivity contribution in [3.05, 3.63) is 35.4 Å². The molecule has 2 N–H and O–H groups in total. The Morgan fingerprint density at radius 3 is 2.93 bits per heavy atom. The number of ether oxygens (including phenoxy) is 1. The normalized spacial score (nSPS) is 20.4. The molecule has 0 radical (unpaired) electrons. The van der Waals surface area contributed by atoms with E-state index < -0.39 is 0 Å². The zero-order valence-corrected chi connectivity index (χ0v) is 8.61. The van der Waals surface area contributed by atoms with E-state index in [0.29, 0.717) is 11.5 Å². The van der Waals surface area contributed by atoms with Crippen molar-refractivity contribution in [3.63, 3.8) is 0 Å². The molecule has 3 heteroatoms. The van der Waals surface area contributed by atoms with Crippen molar-refractivity contribution >= 4 is 5.91 Å². The lowest BCUT2D eigenvalue weighted by Gasteiger charge is -2.10. The first-order valence-electron chi connectivity index (χ1n) is 5.23. The predicted octanol–water partition coefficient (Wildman–Crippen LogP) is 1.36. The molecule has 0 aromatic heterocycles. The van der Waals surface area contributed by atoms with Crippen molar-refractivity contribution in [1.82, 2.24) is 0 Å². The number of carbonyl (C=O) groups is 1. The number of rotatable bonds is 3. The van der Waals surface area contributed by atoms with E-state index in [-0.39, 0.29) is 5.91 Å². The summed E-state index contributed by atoms with van der Waals surface area (Å²) in [6.07, 6.45) is 1.96. The molecular formula is C12H15NO2. The highest BCUT2D eigenvalue weighted by molar-refractivity contribution is 5.94. The van der Waals surface area contributed by atoms with Crippen molar-refractivity contribution in [2.45, 2.75) is 12.8 Å². The molecule has 0 spiro atoms. The average Bonchev–Trinajstić information content (AvgIpc) is 2.71. The van der Waals surface area contributed by atoms with E-state index in [0.717, 1.165) is 31.6 Å². The largest absolute Gasteiger partial charge is 0.381 e. The summed E-state index contributed by atoms with van der Waals surface area (Å²) in [6.45, 7) is 1.64. The first-order chi connectivity index (χ1) is 7.27. The van der Waals surface area contributed by atoms with E-state index in [1.807, 2.05) is 18.2 Å². The molecule has 80 valence electrons. The molecule has 0 aliphatic carbocycles. The van der Waals surface area contributed by atoms with E-state index >= 15 is 0 Å². The van der Waals surface area contributed by atoms with Crippen LogP contribution < -0.4 is 5.73 Å². The van der Waals surface area contributed by atoms with Crippen LogP contribution in [0, 0.1) is 5.92 Å². The molecule has 1 amide bonds. The third kappa shape index (κ3) is 2.36. The van der Waals surface area contributed by atoms with E-state index in [9.17, 15) is 4.79 Å². The summed E-state index contributed by atoms with van der Waals surface area (Å²) in [5, 5.41) is 0. The number of benzene rings is 1. The fraction of sp³-hybridized carbons (Fsp3) is 0.417. The minimum atomic E-state index is -0.343. The highest BCUT2D eigenvalue weighted by atomic mass is 16.5. The summed E-state index contributed by atoms with van der Waals surface area (Å²) < 4.78 is 5.31. The summed E-state index contributed by atoms with van der Waals surface area (Å²) >= 11 is 0. The van der Waals surface area contributed by atoms with Gasteiger partial charge in [-0.3, -0.25) is 4.79 Å². The maximum atomic E-state index is 11.2. The van der Waals surface area contributed by atoms with Gasteiger partial charge in [0.1, 0.15) is 0 Å². The molecule has 1 aliphatic rings. The fourth-order valence-electron chi connectivity index (χ4n) is 1.99. The molecule has 1 aliphatic heterocycles. The summed E-state index contributed by atoms with van der Waals surface area (Å²) in [5.74, 6) is 0.190. The lowest BCUT2D eigenvalue weighted by molar-refractivity contribution is 0.0999. The van der Waals surface area contributed by atoms with Gasteiger partial charge in [0.15, 0.2) is 0 Å². The minimum absolute atomic E-state index is 0.343. The number of primary amides is 1. The van der Waals surface area contributed by atoms with Crippen LogP contribution in [-0.2, 0) is 11.2 Å². The predicted molar refractivity (Wildman–Crippen MR) is 57.6 cm³/mol. The third-order valence-corrected chi connectivity index (χ3v) is 2.82. The fourth-order valence-corrected chi connectivity index (χ4v) is 1.99. The molecular weight excluding hydrogens is 190 g/mol. The van der Waals surface area contributed by atoms with Crippen molar-refractivity contribution in [2.75, 3.05) is 13.2 Å². The molecule has 2 rings (SSSR count). The van der Waals surface area contributed by atoms with Gasteiger partial charge in [0.25, 0.3) is 0 Å². The number of hydrogen-bond acceptors (Lipinski definition) is 2. The minimum Gasteiger partial charge on any atom is -0.381 e. The van der Waals surface area contributed by atoms with Crippen LogP contribution in [-0.4, -0.2) is 19.1 Å². The summed E-state index contributed by atoms with van der Waals surface area (Å²) in [4.78, 5) is 11.2. The molecule has 1 heterocycles. The molecule has 1 aromatic carbocycles. The number of carbonyl (C=O) groups excluding carboxylic acids is 1. The van der Waals surface area contributed by atoms with Gasteiger partial charge in [0.05, 0.1) is 0 Å². The van der Waals surface area contributed by atoms with Crippen molar-refractivity contribution in [2.24, 2.45) is 11.7 Å². The monoisotopic (exact) mass is 205 g/mol. The van der Waals surface area contributed by atoms with Gasteiger partial charge in [-0.2, -0.15) is 0 Å². The van der Waals surface area contributed by atoms with Crippen LogP contribution in [0.15, 0.2) is 24.3 Å². The summed E-state index contributed by atoms with van der Waals surface area (Å²) in [6, 6.07) is 7.54. The molecule has 0 bridgehead atoms. The van der Waals surface area contributed by atoms with Crippen LogP contribution in [0.2, 0.25) is 0 Å². The summed E-state index contributed by atoms with van der Waals surface area (Å²) in [5.41, 5.74) is 7.00. The maximum absolute atomic E-state index is 11.2. The third-order valence-electron chi connectivity index (χ3n) is 2.82. The second-order valence-electron chi connectivity index (χ2n) is 3.96. The van der Waals surface area contributed by atoms with E-state index in [4.69, 9.17) is 10.5 Å². The first-order valence-corrected chi connectivity index (χ1v) is 5.23. The quantitative estimate of drug-likeness (QED) is 0.810. The number of nitrogens with two attached hydrogens (primary N) is 1. The van der Waals surface area contributed by atoms with Crippen molar-refractivity contribution < 1.29 is 9.53 Å². The Labute approximate surface area is 89.2 Å². The topological polar surface area (TPSA) is 52.3 Å². The Morgan fingerprint density at radius 2 is 2.27 bits per heavy atom. The molecule has 1 aromatic rings. The van der Waals surface area contributed by atoms with Gasteiger partial charge in [-0.15, -0.1) is 0 Å². The Balaban J connectivity index is 2.15. The van der Waals surface area contributed by atoms with Crippen LogP contribution in [0.4, 0.5) is 0 Å². The van der Waals surface area contributed by atoms with Crippen LogP contribution in [0.1, 0.15) is 22.3 Å². The molecule has 15 heavy (non-hydrogen) atoms. The van der Waals surface area contributed by atoms with E-state index in [1.165, 1.54) is 0 Å². The van der Waals surface area contributed by atoms with Crippen LogP contribution in [0.25, 0.3) is 0 Å². The van der Waals surface area contributed by atoms with Gasteiger partial charge >= 0.3 is 0 Å². The van der Waals surface area contributed by atoms with Crippen LogP contribution in [0.3, 0.4) is 0 Å². The van der Waals surface area contributed by atoms with Gasteiger partial charge in [-0.05, 0) is 30.4 Å². The highest BCUT2D eigenvalue weighted by Gasteiger charge is 2.18. The van der Waals surface area contributed by atoms with Crippen LogP contribution in [0.5, 0.6) is 0 Å². The van der Waals surface area contributed by atoms with Gasteiger partial charge in [-0.25, -0.2) is 0 Å². The zero-order chi connectivity index (χ0) is 10.7. The molecule has 1 atom stereocenters. The first kappa shape index (κ1) is 10.2. The lowest BCUT2D eigenvalue weighted by atomic mass is 9.95. The Morgan fingerprint density at radius 1 is 1.47 bits per heavy atom. The Hall–Kier alpha value is -1.35. The smallest absolute Gasteiger partial charge is 0.248 e. The molecule has 1 saturated heterocycles. The lowest BCUT2D eigenvalue weighted by Crippen LogP contribution is -2.15. The Kier molecular flexibility index (Phi) is 3.02. The standard InChI is InChI=1S/C12H15NO2/c13-12(14)11-4-2-1-3-10(11)7-9-5-6-15-8-9/h1-4,9H,5-8H2,(H2,13,14)/t9-/m1/s1. The van der Waals surface area contributed by atoms with Crippen molar-refractivity contribution in [3.8, 4) is 0 Å². The zero-order valence-electron chi connectivity index (χ0n) is 8.61. The van der Waals surface area contributed by atoms with Gasteiger partial charge in [-0.1, -0.05) is 18.2 Å². The molecule has 3 nitrogen and oxygen atoms in total. The van der Waals surface area contributed by atoms with Gasteiger partial charge < -0.3 is 10.5 Å². The second kappa shape index (κ2) is 4.45. The van der Waals surface area contributed by atoms with Crippen molar-refractivity contribution in [1.29, 1.82) is 0 Å². The molecule has 0 saturated carbocycles. The van der Waals surface area contributed by atoms with Crippen LogP contribution >= 0.6 is 0 Å². The molecule has 1 fully saturated rings. The maximum Gasteiger partial charge on any atom is 0.248 e. The van der Waals surface area contributed by atoms with Gasteiger partial charge in [0.2, 0.25) is 5.91 Å². The van der Waals surface area contributed by atoms with E-state index in [1.54, 1.807) is 6.07 Å². The van der Waals surface area contributed by atoms with Gasteiger partial charge in [0, 0.05) is 18.8 Å². The Bertz CT molecular complexity index is 356.